The fraction of sp³-hybridized carbons (Fsp3) is 0.481. The molecule has 1 aliphatic heterocycles. The summed E-state index contributed by atoms with van der Waals surface area (Å²) in [6.45, 7) is 5.93. The predicted octanol–water partition coefficient (Wildman–Crippen LogP) is 4.51. The first kappa shape index (κ1) is 24.2. The maximum Gasteiger partial charge on any atom is 0.265 e. The first-order valence-corrected chi connectivity index (χ1v) is 12.7. The number of halogens is 1. The molecule has 0 atom stereocenters. The van der Waals surface area contributed by atoms with Crippen LogP contribution in [-0.4, -0.2) is 52.5 Å². The van der Waals surface area contributed by atoms with Crippen LogP contribution in [0.4, 0.5) is 21.7 Å². The number of carbonyl (C=O) groups is 1. The Morgan fingerprint density at radius 3 is 2.44 bits per heavy atom. The average Bonchev–Trinajstić information content (AvgIpc) is 3.33. The van der Waals surface area contributed by atoms with Crippen LogP contribution in [-0.2, 0) is 5.54 Å². The van der Waals surface area contributed by atoms with E-state index < -0.39 is 5.54 Å². The molecule has 0 spiro atoms. The molecule has 36 heavy (non-hydrogen) atoms. The highest BCUT2D eigenvalue weighted by atomic mass is 19.1. The van der Waals surface area contributed by atoms with Crippen LogP contribution in [0.25, 0.3) is 11.0 Å². The van der Waals surface area contributed by atoms with E-state index in [9.17, 15) is 14.0 Å². The summed E-state index contributed by atoms with van der Waals surface area (Å²) in [7, 11) is 3.27. The Hall–Kier alpha value is -3.49. The first-order valence-electron chi connectivity index (χ1n) is 12.7. The summed E-state index contributed by atoms with van der Waals surface area (Å²) < 4.78 is 16.6. The zero-order chi connectivity index (χ0) is 25.6. The Kier molecular flexibility index (Phi) is 6.18. The van der Waals surface area contributed by atoms with E-state index in [1.54, 1.807) is 37.0 Å². The number of anilines is 3. The van der Waals surface area contributed by atoms with E-state index in [2.05, 4.69) is 29.0 Å². The summed E-state index contributed by atoms with van der Waals surface area (Å²) in [6.07, 6.45) is 6.47. The quantitative estimate of drug-likeness (QED) is 0.545. The highest BCUT2D eigenvalue weighted by Crippen LogP contribution is 2.45. The summed E-state index contributed by atoms with van der Waals surface area (Å²) in [5, 5.41) is 3.72. The SMILES string of the molecule is CC(C)C1(n2c(=O)c(C(=O)N(C)C)cc3cnc(Nc4ccc(N5CCCC5)c(F)c4)nc32)CCC1. The van der Waals surface area contributed by atoms with E-state index >= 15 is 0 Å². The zero-order valence-electron chi connectivity index (χ0n) is 21.3. The molecule has 9 heteroatoms. The van der Waals surface area contributed by atoms with Crippen LogP contribution >= 0.6 is 0 Å². The number of pyridine rings is 1. The van der Waals surface area contributed by atoms with Gasteiger partial charge in [0.25, 0.3) is 11.5 Å². The molecule has 1 saturated heterocycles. The van der Waals surface area contributed by atoms with Gasteiger partial charge in [-0.2, -0.15) is 4.98 Å². The maximum absolute atomic E-state index is 14.9. The van der Waals surface area contributed by atoms with Crippen molar-refractivity contribution in [2.75, 3.05) is 37.4 Å². The van der Waals surface area contributed by atoms with Gasteiger partial charge in [0.1, 0.15) is 17.0 Å². The number of amides is 1. The number of rotatable bonds is 6. The molecule has 2 aliphatic rings. The lowest BCUT2D eigenvalue weighted by Gasteiger charge is -2.47. The number of benzene rings is 1. The predicted molar refractivity (Wildman–Crippen MR) is 140 cm³/mol. The second kappa shape index (κ2) is 9.19. The third-order valence-electron chi connectivity index (χ3n) is 7.77. The van der Waals surface area contributed by atoms with Crippen LogP contribution < -0.4 is 15.8 Å². The number of hydrogen-bond acceptors (Lipinski definition) is 6. The van der Waals surface area contributed by atoms with Crippen molar-refractivity contribution in [1.29, 1.82) is 0 Å². The number of fused-ring (bicyclic) bond motifs is 1. The number of nitrogens with zero attached hydrogens (tertiary/aromatic N) is 5. The van der Waals surface area contributed by atoms with Gasteiger partial charge in [0.15, 0.2) is 0 Å². The minimum Gasteiger partial charge on any atom is -0.369 e. The minimum atomic E-state index is -0.410. The zero-order valence-corrected chi connectivity index (χ0v) is 21.3. The van der Waals surface area contributed by atoms with Crippen molar-refractivity contribution in [2.24, 2.45) is 5.92 Å². The van der Waals surface area contributed by atoms with Gasteiger partial charge in [-0.05, 0) is 62.3 Å². The molecule has 190 valence electrons. The lowest BCUT2D eigenvalue weighted by Crippen LogP contribution is -2.51. The molecule has 1 amide bonds. The summed E-state index contributed by atoms with van der Waals surface area (Å²) in [6, 6.07) is 6.63. The van der Waals surface area contributed by atoms with E-state index in [4.69, 9.17) is 4.98 Å². The van der Waals surface area contributed by atoms with Gasteiger partial charge in [-0.25, -0.2) is 9.37 Å². The Morgan fingerprint density at radius 1 is 1.14 bits per heavy atom. The molecule has 0 bridgehead atoms. The number of hydrogen-bond donors (Lipinski definition) is 1. The fourth-order valence-corrected chi connectivity index (χ4v) is 5.49. The van der Waals surface area contributed by atoms with Gasteiger partial charge in [0.05, 0.1) is 11.2 Å². The standard InChI is InChI=1S/C27H33FN6O2/c1-17(2)27(10-7-11-27)34-23-18(14-20(25(34)36)24(35)32(3)4)16-29-26(31-23)30-19-8-9-22(21(28)15-19)33-12-5-6-13-33/h8-9,14-17H,5-7,10-13H2,1-4H3,(H,29,30,31). The third kappa shape index (κ3) is 4.00. The highest BCUT2D eigenvalue weighted by Gasteiger charge is 2.44. The van der Waals surface area contributed by atoms with Gasteiger partial charge in [0, 0.05) is 44.5 Å². The molecule has 3 aromatic rings. The van der Waals surface area contributed by atoms with Crippen molar-refractivity contribution < 1.29 is 9.18 Å². The first-order chi connectivity index (χ1) is 17.2. The number of nitrogens with one attached hydrogen (secondary N) is 1. The molecule has 8 nitrogen and oxygen atoms in total. The second-order valence-corrected chi connectivity index (χ2v) is 10.5. The van der Waals surface area contributed by atoms with Gasteiger partial charge < -0.3 is 15.1 Å². The average molecular weight is 493 g/mol. The number of carbonyl (C=O) groups excluding carboxylic acids is 1. The Labute approximate surface area is 210 Å². The normalized spacial score (nSPS) is 16.9. The van der Waals surface area contributed by atoms with E-state index in [0.29, 0.717) is 22.4 Å². The van der Waals surface area contributed by atoms with Crippen molar-refractivity contribution in [3.63, 3.8) is 0 Å². The van der Waals surface area contributed by atoms with Crippen molar-refractivity contribution in [3.05, 3.63) is 52.2 Å². The largest absolute Gasteiger partial charge is 0.369 e. The van der Waals surface area contributed by atoms with Crippen LogP contribution in [0, 0.1) is 11.7 Å². The number of aromatic nitrogens is 3. The van der Waals surface area contributed by atoms with Gasteiger partial charge in [0.2, 0.25) is 5.95 Å². The molecule has 0 radical (unpaired) electrons. The topological polar surface area (TPSA) is 83.4 Å². The smallest absolute Gasteiger partial charge is 0.265 e. The molecule has 3 heterocycles. The maximum atomic E-state index is 14.9. The third-order valence-corrected chi connectivity index (χ3v) is 7.77. The fourth-order valence-electron chi connectivity index (χ4n) is 5.49. The van der Waals surface area contributed by atoms with Crippen molar-refractivity contribution in [2.45, 2.75) is 51.5 Å². The van der Waals surface area contributed by atoms with Crippen molar-refractivity contribution >= 4 is 34.3 Å². The second-order valence-electron chi connectivity index (χ2n) is 10.5. The molecule has 1 aliphatic carbocycles. The molecular weight excluding hydrogens is 459 g/mol. The van der Waals surface area contributed by atoms with Crippen LogP contribution in [0.3, 0.4) is 0 Å². The van der Waals surface area contributed by atoms with Gasteiger partial charge in [-0.1, -0.05) is 13.8 Å². The van der Waals surface area contributed by atoms with E-state index in [1.165, 1.54) is 11.0 Å². The van der Waals surface area contributed by atoms with E-state index in [0.717, 1.165) is 45.2 Å². The molecule has 1 N–H and O–H groups in total. The summed E-state index contributed by atoms with van der Waals surface area (Å²) >= 11 is 0. The highest BCUT2D eigenvalue weighted by molar-refractivity contribution is 5.96. The van der Waals surface area contributed by atoms with Gasteiger partial charge in [-0.3, -0.25) is 14.2 Å². The molecule has 5 rings (SSSR count). The Balaban J connectivity index is 1.58. The van der Waals surface area contributed by atoms with Crippen LogP contribution in [0.2, 0.25) is 0 Å². The van der Waals surface area contributed by atoms with E-state index in [-0.39, 0.29) is 34.7 Å². The molecule has 0 unspecified atom stereocenters. The molecular formula is C27H33FN6O2. The monoisotopic (exact) mass is 492 g/mol. The molecule has 2 fully saturated rings. The summed E-state index contributed by atoms with van der Waals surface area (Å²) in [4.78, 5) is 39.2. The molecule has 2 aromatic heterocycles. The van der Waals surface area contributed by atoms with Crippen LogP contribution in [0.15, 0.2) is 35.3 Å². The van der Waals surface area contributed by atoms with Crippen molar-refractivity contribution in [3.8, 4) is 0 Å². The summed E-state index contributed by atoms with van der Waals surface area (Å²) in [5.41, 5.74) is 0.991. The van der Waals surface area contributed by atoms with Crippen LogP contribution in [0.1, 0.15) is 56.3 Å². The lowest BCUT2D eigenvalue weighted by molar-refractivity contribution is 0.0768. The van der Waals surface area contributed by atoms with Gasteiger partial charge >= 0.3 is 0 Å². The minimum absolute atomic E-state index is 0.114. The molecule has 1 aromatic carbocycles. The Bertz CT molecular complexity index is 1370. The Morgan fingerprint density at radius 2 is 1.86 bits per heavy atom. The van der Waals surface area contributed by atoms with Crippen LogP contribution in [0.5, 0.6) is 0 Å². The molecule has 1 saturated carbocycles. The van der Waals surface area contributed by atoms with Crippen molar-refractivity contribution in [1.82, 2.24) is 19.4 Å². The summed E-state index contributed by atoms with van der Waals surface area (Å²) in [5.74, 6) is -0.186. The van der Waals surface area contributed by atoms with Gasteiger partial charge in [-0.15, -0.1) is 0 Å². The lowest BCUT2D eigenvalue weighted by atomic mass is 9.69. The van der Waals surface area contributed by atoms with E-state index in [1.807, 2.05) is 6.07 Å².